The van der Waals surface area contributed by atoms with Gasteiger partial charge in [0.1, 0.15) is 18.4 Å². The number of pyridine rings is 1. The molecular weight excluding hydrogens is 436 g/mol. The second-order valence-electron chi connectivity index (χ2n) is 8.15. The van der Waals surface area contributed by atoms with E-state index in [0.717, 1.165) is 39.2 Å². The van der Waals surface area contributed by atoms with Gasteiger partial charge in [0.15, 0.2) is 5.58 Å². The highest BCUT2D eigenvalue weighted by Gasteiger charge is 2.23. The Balaban J connectivity index is 1.49. The third kappa shape index (κ3) is 3.12. The number of amides is 1. The van der Waals surface area contributed by atoms with Crippen LogP contribution in [-0.4, -0.2) is 43.8 Å². The molecule has 1 aliphatic heterocycles. The predicted molar refractivity (Wildman–Crippen MR) is 127 cm³/mol. The molecule has 11 nitrogen and oxygen atoms in total. The summed E-state index contributed by atoms with van der Waals surface area (Å²) in [5, 5.41) is 8.76. The lowest BCUT2D eigenvalue weighted by Crippen LogP contribution is -2.26. The van der Waals surface area contributed by atoms with Crippen LogP contribution in [0, 0.1) is 0 Å². The van der Waals surface area contributed by atoms with Crippen LogP contribution >= 0.6 is 0 Å². The summed E-state index contributed by atoms with van der Waals surface area (Å²) >= 11 is 0. The third-order valence-corrected chi connectivity index (χ3v) is 6.02. The van der Waals surface area contributed by atoms with E-state index in [1.54, 1.807) is 16.9 Å². The zero-order valence-electron chi connectivity index (χ0n) is 18.3. The summed E-state index contributed by atoms with van der Waals surface area (Å²) < 4.78 is 13.0. The van der Waals surface area contributed by atoms with Crippen molar-refractivity contribution in [2.45, 2.75) is 19.4 Å². The number of hydrogen-bond acceptors (Lipinski definition) is 8. The highest BCUT2D eigenvalue weighted by atomic mass is 16.5. The molecule has 34 heavy (non-hydrogen) atoms. The summed E-state index contributed by atoms with van der Waals surface area (Å²) in [5.41, 5.74) is 17.2. The smallest absolute Gasteiger partial charge is 0.294 e. The Hall–Kier alpha value is -4.54. The molecule has 0 unspecified atom stereocenters. The molecule has 0 bridgehead atoms. The molecule has 0 spiro atoms. The topological polar surface area (TPSA) is 163 Å². The Bertz CT molecular complexity index is 1560. The number of aromatic amines is 1. The lowest BCUT2D eigenvalue weighted by molar-refractivity contribution is -0.121. The average Bonchev–Trinajstić information content (AvgIpc) is 3.48. The molecule has 0 saturated heterocycles. The summed E-state index contributed by atoms with van der Waals surface area (Å²) in [6.07, 6.45) is 4.12. The number of primary amides is 1. The number of nitrogens with zero attached hydrogens (tertiary/aromatic N) is 4. The van der Waals surface area contributed by atoms with Gasteiger partial charge in [-0.05, 0) is 36.2 Å². The number of nitrogens with two attached hydrogens (primary N) is 2. The molecule has 5 heterocycles. The minimum atomic E-state index is -0.491. The summed E-state index contributed by atoms with van der Waals surface area (Å²) in [4.78, 5) is 24.0. The van der Waals surface area contributed by atoms with Crippen LogP contribution in [-0.2, 0) is 4.79 Å². The van der Waals surface area contributed by atoms with Crippen molar-refractivity contribution in [3.8, 4) is 28.3 Å². The van der Waals surface area contributed by atoms with Gasteiger partial charge in [-0.2, -0.15) is 10.1 Å². The maximum atomic E-state index is 11.8. The van der Waals surface area contributed by atoms with E-state index in [1.165, 1.54) is 0 Å². The van der Waals surface area contributed by atoms with Gasteiger partial charge in [0.25, 0.3) is 6.01 Å². The van der Waals surface area contributed by atoms with Gasteiger partial charge >= 0.3 is 0 Å². The van der Waals surface area contributed by atoms with Crippen LogP contribution in [0.3, 0.4) is 0 Å². The van der Waals surface area contributed by atoms with Crippen LogP contribution < -0.4 is 21.5 Å². The highest BCUT2D eigenvalue weighted by Crippen LogP contribution is 2.43. The minimum Gasteiger partial charge on any atom is -0.491 e. The monoisotopic (exact) mass is 458 g/mol. The standard InChI is InChI=1S/C23H22N8O3/c1-2-15(21(24)32)31-10-12(9-27-31)11-7-14-18-17(8-11)33-6-5-26-20(18)19(28-14)13-3-4-16-22(29-13)30-23(25)34-16/h3-4,7-10,15,26,28H,2,5-6H2,1H3,(H2,24,32)(H2,25,29,30)/t15-/m1/s1. The van der Waals surface area contributed by atoms with Crippen LogP contribution in [0.5, 0.6) is 5.75 Å². The number of benzene rings is 1. The second kappa shape index (κ2) is 7.51. The Labute approximate surface area is 193 Å². The van der Waals surface area contributed by atoms with Crippen molar-refractivity contribution in [1.29, 1.82) is 0 Å². The molecule has 6 N–H and O–H groups in total. The zero-order chi connectivity index (χ0) is 23.4. The van der Waals surface area contributed by atoms with Gasteiger partial charge in [-0.3, -0.25) is 9.48 Å². The summed E-state index contributed by atoms with van der Waals surface area (Å²) in [6.45, 7) is 3.05. The molecule has 0 saturated carbocycles. The first-order valence-corrected chi connectivity index (χ1v) is 11.0. The molecule has 1 aliphatic rings. The number of carbonyl (C=O) groups is 1. The third-order valence-electron chi connectivity index (χ3n) is 6.02. The van der Waals surface area contributed by atoms with Crippen molar-refractivity contribution in [2.24, 2.45) is 5.73 Å². The summed E-state index contributed by atoms with van der Waals surface area (Å²) in [5.74, 6) is 0.335. The number of nitrogen functional groups attached to an aromatic ring is 1. The Morgan fingerprint density at radius 1 is 1.26 bits per heavy atom. The fraction of sp³-hybridized carbons (Fsp3) is 0.217. The predicted octanol–water partition coefficient (Wildman–Crippen LogP) is 3.06. The minimum absolute atomic E-state index is 0.0788. The van der Waals surface area contributed by atoms with Crippen LogP contribution in [0.1, 0.15) is 19.4 Å². The van der Waals surface area contributed by atoms with Crippen LogP contribution in [0.4, 0.5) is 11.7 Å². The molecule has 0 aliphatic carbocycles. The van der Waals surface area contributed by atoms with E-state index in [0.29, 0.717) is 36.5 Å². The molecule has 6 rings (SSSR count). The molecule has 1 aromatic carbocycles. The molecule has 4 aromatic heterocycles. The molecule has 0 fully saturated rings. The Morgan fingerprint density at radius 3 is 2.97 bits per heavy atom. The highest BCUT2D eigenvalue weighted by molar-refractivity contribution is 6.06. The number of rotatable bonds is 5. The molecule has 1 atom stereocenters. The van der Waals surface area contributed by atoms with Crippen molar-refractivity contribution >= 4 is 39.7 Å². The van der Waals surface area contributed by atoms with E-state index < -0.39 is 11.9 Å². The van der Waals surface area contributed by atoms with Gasteiger partial charge in [0.05, 0.1) is 34.2 Å². The summed E-state index contributed by atoms with van der Waals surface area (Å²) in [6, 6.07) is 7.26. The number of ether oxygens (including phenoxy) is 1. The Kier molecular flexibility index (Phi) is 4.44. The number of nitrogens with one attached hydrogen (secondary N) is 2. The van der Waals surface area contributed by atoms with Crippen molar-refractivity contribution in [2.75, 3.05) is 24.2 Å². The first-order valence-electron chi connectivity index (χ1n) is 11.0. The maximum absolute atomic E-state index is 11.8. The van der Waals surface area contributed by atoms with E-state index >= 15 is 0 Å². The van der Waals surface area contributed by atoms with Gasteiger partial charge in [-0.25, -0.2) is 4.98 Å². The quantitative estimate of drug-likeness (QED) is 0.312. The van der Waals surface area contributed by atoms with Gasteiger partial charge in [-0.1, -0.05) is 6.92 Å². The van der Waals surface area contributed by atoms with E-state index in [-0.39, 0.29) is 6.01 Å². The van der Waals surface area contributed by atoms with Gasteiger partial charge in [0, 0.05) is 18.3 Å². The summed E-state index contributed by atoms with van der Waals surface area (Å²) in [7, 11) is 0. The lowest BCUT2D eigenvalue weighted by Gasteiger charge is -2.10. The molecule has 0 radical (unpaired) electrons. The largest absolute Gasteiger partial charge is 0.491 e. The van der Waals surface area contributed by atoms with E-state index in [9.17, 15) is 4.79 Å². The fourth-order valence-electron chi connectivity index (χ4n) is 4.43. The molecule has 1 amide bonds. The first kappa shape index (κ1) is 20.1. The first-order chi connectivity index (χ1) is 16.5. The number of carbonyl (C=O) groups excluding carboxylic acids is 1. The van der Waals surface area contributed by atoms with Gasteiger partial charge in [0.2, 0.25) is 11.6 Å². The van der Waals surface area contributed by atoms with E-state index in [2.05, 4.69) is 25.4 Å². The van der Waals surface area contributed by atoms with Crippen molar-refractivity contribution in [3.63, 3.8) is 0 Å². The van der Waals surface area contributed by atoms with Crippen molar-refractivity contribution in [3.05, 3.63) is 36.7 Å². The van der Waals surface area contributed by atoms with E-state index in [4.69, 9.17) is 20.6 Å². The van der Waals surface area contributed by atoms with Crippen LogP contribution in [0.2, 0.25) is 0 Å². The maximum Gasteiger partial charge on any atom is 0.294 e. The molecule has 5 aromatic rings. The number of fused-ring (bicyclic) bond motifs is 1. The zero-order valence-corrected chi connectivity index (χ0v) is 18.3. The van der Waals surface area contributed by atoms with Crippen LogP contribution in [0.15, 0.2) is 41.1 Å². The normalized spacial score (nSPS) is 14.0. The second-order valence-corrected chi connectivity index (χ2v) is 8.15. The Morgan fingerprint density at radius 2 is 2.15 bits per heavy atom. The number of hydrogen-bond donors (Lipinski definition) is 4. The number of oxazole rings is 1. The average molecular weight is 458 g/mol. The molecule has 172 valence electrons. The SMILES string of the molecule is CC[C@H](C(N)=O)n1cc(-c2cc3c4c(c(-c5ccc6oc(N)nc6n5)[nH]c4c2)NCCO3)cn1. The van der Waals surface area contributed by atoms with Crippen molar-refractivity contribution < 1.29 is 13.9 Å². The number of aromatic nitrogens is 5. The number of anilines is 2. The lowest BCUT2D eigenvalue weighted by atomic mass is 10.1. The van der Waals surface area contributed by atoms with Crippen LogP contribution in [0.25, 0.3) is 44.6 Å². The molecule has 11 heteroatoms. The fourth-order valence-corrected chi connectivity index (χ4v) is 4.43. The van der Waals surface area contributed by atoms with Crippen molar-refractivity contribution in [1.82, 2.24) is 24.7 Å². The molecular formula is C23H22N8O3. The van der Waals surface area contributed by atoms with Gasteiger partial charge in [-0.15, -0.1) is 0 Å². The van der Waals surface area contributed by atoms with E-state index in [1.807, 2.05) is 31.3 Å². The number of H-pyrrole nitrogens is 1. The van der Waals surface area contributed by atoms with Gasteiger partial charge < -0.3 is 30.9 Å².